The third-order valence-electron chi connectivity index (χ3n) is 4.51. The van der Waals surface area contributed by atoms with Crippen molar-refractivity contribution in [2.45, 2.75) is 25.7 Å². The standard InChI is InChI=1S/C20H25N3O2S.ClH/c1-23(2)13-12-21-19(25)17-15-10-6-7-11-16(15)26-20(17)22-18(24)14-8-4-3-5-9-14;/h3-5,8-9H,6-7,10-13H2,1-2H3,(H,21,25)(H,22,24);1H. The van der Waals surface area contributed by atoms with E-state index in [2.05, 4.69) is 10.6 Å². The number of rotatable bonds is 6. The van der Waals surface area contributed by atoms with Crippen LogP contribution in [0, 0.1) is 0 Å². The molecule has 0 spiro atoms. The highest BCUT2D eigenvalue weighted by molar-refractivity contribution is 7.17. The van der Waals surface area contributed by atoms with Crippen LogP contribution in [0.15, 0.2) is 30.3 Å². The van der Waals surface area contributed by atoms with Gasteiger partial charge in [0.05, 0.1) is 5.56 Å². The van der Waals surface area contributed by atoms with Gasteiger partial charge in [-0.05, 0) is 57.5 Å². The summed E-state index contributed by atoms with van der Waals surface area (Å²) in [6.07, 6.45) is 4.12. The molecule has 0 aliphatic heterocycles. The molecule has 1 aliphatic carbocycles. The van der Waals surface area contributed by atoms with Gasteiger partial charge in [0.25, 0.3) is 11.8 Å². The maximum atomic E-state index is 12.8. The highest BCUT2D eigenvalue weighted by atomic mass is 35.5. The zero-order valence-corrected chi connectivity index (χ0v) is 17.3. The van der Waals surface area contributed by atoms with Crippen molar-refractivity contribution in [3.05, 3.63) is 51.9 Å². The number of fused-ring (bicyclic) bond motifs is 1. The van der Waals surface area contributed by atoms with Crippen LogP contribution < -0.4 is 10.6 Å². The normalized spacial score (nSPS) is 12.9. The first-order valence-electron chi connectivity index (χ1n) is 9.00. The monoisotopic (exact) mass is 407 g/mol. The lowest BCUT2D eigenvalue weighted by atomic mass is 9.95. The minimum absolute atomic E-state index is 0. The fraction of sp³-hybridized carbons (Fsp3) is 0.400. The fourth-order valence-corrected chi connectivity index (χ4v) is 4.42. The molecule has 0 saturated heterocycles. The van der Waals surface area contributed by atoms with Crippen molar-refractivity contribution in [1.82, 2.24) is 10.2 Å². The number of likely N-dealkylation sites (N-methyl/N-ethyl adjacent to an activating group) is 1. The number of anilines is 1. The Kier molecular flexibility index (Phi) is 7.83. The number of carbonyl (C=O) groups excluding carboxylic acids is 2. The molecule has 2 amide bonds. The van der Waals surface area contributed by atoms with Crippen LogP contribution >= 0.6 is 23.7 Å². The van der Waals surface area contributed by atoms with E-state index in [0.29, 0.717) is 22.7 Å². The number of hydrogen-bond acceptors (Lipinski definition) is 4. The van der Waals surface area contributed by atoms with E-state index >= 15 is 0 Å². The molecule has 1 aromatic carbocycles. The predicted octanol–water partition coefficient (Wildman–Crippen LogP) is 3.59. The van der Waals surface area contributed by atoms with Gasteiger partial charge in [-0.25, -0.2) is 0 Å². The van der Waals surface area contributed by atoms with Gasteiger partial charge in [-0.2, -0.15) is 0 Å². The van der Waals surface area contributed by atoms with Crippen LogP contribution in [0.25, 0.3) is 0 Å². The van der Waals surface area contributed by atoms with Crippen LogP contribution in [-0.4, -0.2) is 43.9 Å². The van der Waals surface area contributed by atoms with Gasteiger partial charge in [-0.15, -0.1) is 23.7 Å². The van der Waals surface area contributed by atoms with Crippen molar-refractivity contribution in [1.29, 1.82) is 0 Å². The van der Waals surface area contributed by atoms with E-state index < -0.39 is 0 Å². The van der Waals surface area contributed by atoms with Crippen molar-refractivity contribution in [3.63, 3.8) is 0 Å². The Hall–Kier alpha value is -1.89. The van der Waals surface area contributed by atoms with Gasteiger partial charge in [-0.3, -0.25) is 9.59 Å². The van der Waals surface area contributed by atoms with E-state index in [1.165, 1.54) is 4.88 Å². The molecule has 146 valence electrons. The molecule has 3 rings (SSSR count). The first-order valence-corrected chi connectivity index (χ1v) is 9.81. The lowest BCUT2D eigenvalue weighted by molar-refractivity contribution is 0.0951. The number of nitrogens with zero attached hydrogens (tertiary/aromatic N) is 1. The summed E-state index contributed by atoms with van der Waals surface area (Å²) in [5.41, 5.74) is 2.37. The Morgan fingerprint density at radius 3 is 2.48 bits per heavy atom. The van der Waals surface area contributed by atoms with Crippen molar-refractivity contribution in [2.24, 2.45) is 0 Å². The molecule has 5 nitrogen and oxygen atoms in total. The number of amides is 2. The Labute approximate surface area is 170 Å². The van der Waals surface area contributed by atoms with Crippen LogP contribution in [0.5, 0.6) is 0 Å². The number of nitrogens with one attached hydrogen (secondary N) is 2. The van der Waals surface area contributed by atoms with Crippen LogP contribution in [0.4, 0.5) is 5.00 Å². The molecule has 7 heteroatoms. The second-order valence-electron chi connectivity index (χ2n) is 6.79. The number of hydrogen-bond donors (Lipinski definition) is 2. The van der Waals surface area contributed by atoms with Crippen LogP contribution in [0.1, 0.15) is 44.0 Å². The van der Waals surface area contributed by atoms with Gasteiger partial charge in [0.15, 0.2) is 0 Å². The summed E-state index contributed by atoms with van der Waals surface area (Å²) in [4.78, 5) is 28.6. The van der Waals surface area contributed by atoms with E-state index in [1.807, 2.05) is 37.2 Å². The van der Waals surface area contributed by atoms with E-state index in [4.69, 9.17) is 0 Å². The fourth-order valence-electron chi connectivity index (χ4n) is 3.14. The van der Waals surface area contributed by atoms with Crippen LogP contribution in [0.2, 0.25) is 0 Å². The highest BCUT2D eigenvalue weighted by Gasteiger charge is 2.26. The van der Waals surface area contributed by atoms with E-state index in [9.17, 15) is 9.59 Å². The van der Waals surface area contributed by atoms with E-state index in [0.717, 1.165) is 37.8 Å². The third-order valence-corrected chi connectivity index (χ3v) is 5.71. The molecule has 0 atom stereocenters. The molecule has 0 unspecified atom stereocenters. The average Bonchev–Trinajstić information content (AvgIpc) is 2.99. The van der Waals surface area contributed by atoms with E-state index in [1.54, 1.807) is 23.5 Å². The molecule has 1 heterocycles. The minimum Gasteiger partial charge on any atom is -0.351 e. The number of aryl methyl sites for hydroxylation is 1. The summed E-state index contributed by atoms with van der Waals surface area (Å²) in [6.45, 7) is 1.37. The molecule has 0 fully saturated rings. The molecule has 0 radical (unpaired) electrons. The third kappa shape index (κ3) is 5.31. The summed E-state index contributed by atoms with van der Waals surface area (Å²) in [6, 6.07) is 9.11. The second-order valence-corrected chi connectivity index (χ2v) is 7.90. The van der Waals surface area contributed by atoms with Crippen LogP contribution in [0.3, 0.4) is 0 Å². The van der Waals surface area contributed by atoms with Gasteiger partial charge >= 0.3 is 0 Å². The maximum Gasteiger partial charge on any atom is 0.256 e. The zero-order chi connectivity index (χ0) is 18.5. The summed E-state index contributed by atoms with van der Waals surface area (Å²) in [7, 11) is 3.95. The molecular weight excluding hydrogens is 382 g/mol. The van der Waals surface area contributed by atoms with Crippen molar-refractivity contribution >= 4 is 40.6 Å². The molecule has 2 aromatic rings. The Morgan fingerprint density at radius 1 is 1.07 bits per heavy atom. The lowest BCUT2D eigenvalue weighted by Crippen LogP contribution is -2.32. The molecule has 27 heavy (non-hydrogen) atoms. The average molecular weight is 408 g/mol. The lowest BCUT2D eigenvalue weighted by Gasteiger charge is -2.14. The maximum absolute atomic E-state index is 12.8. The first-order chi connectivity index (χ1) is 12.6. The van der Waals surface area contributed by atoms with Gasteiger partial charge < -0.3 is 15.5 Å². The largest absolute Gasteiger partial charge is 0.351 e. The minimum atomic E-state index is -0.175. The molecule has 0 saturated carbocycles. The van der Waals surface area contributed by atoms with Crippen molar-refractivity contribution < 1.29 is 9.59 Å². The van der Waals surface area contributed by atoms with Crippen molar-refractivity contribution in [2.75, 3.05) is 32.5 Å². The van der Waals surface area contributed by atoms with E-state index in [-0.39, 0.29) is 24.2 Å². The summed E-state index contributed by atoms with van der Waals surface area (Å²) >= 11 is 1.55. The number of carbonyl (C=O) groups is 2. The Balaban J connectivity index is 0.00000261. The van der Waals surface area contributed by atoms with Crippen LogP contribution in [-0.2, 0) is 12.8 Å². The number of halogens is 1. The second kappa shape index (κ2) is 9.88. The number of thiophene rings is 1. The summed E-state index contributed by atoms with van der Waals surface area (Å²) < 4.78 is 0. The number of benzene rings is 1. The molecule has 0 bridgehead atoms. The first kappa shape index (κ1) is 21.4. The van der Waals surface area contributed by atoms with Gasteiger partial charge in [0.1, 0.15) is 5.00 Å². The Bertz CT molecular complexity index is 790. The molecule has 1 aliphatic rings. The molecular formula is C20H26ClN3O2S. The zero-order valence-electron chi connectivity index (χ0n) is 15.7. The van der Waals surface area contributed by atoms with Gasteiger partial charge in [-0.1, -0.05) is 18.2 Å². The summed E-state index contributed by atoms with van der Waals surface area (Å²) in [5.74, 6) is -0.263. The summed E-state index contributed by atoms with van der Waals surface area (Å²) in [5, 5.41) is 6.64. The SMILES string of the molecule is CN(C)CCNC(=O)c1c(NC(=O)c2ccccc2)sc2c1CCCC2.Cl. The molecule has 2 N–H and O–H groups in total. The smallest absolute Gasteiger partial charge is 0.256 e. The predicted molar refractivity (Wildman–Crippen MR) is 113 cm³/mol. The topological polar surface area (TPSA) is 61.4 Å². The highest BCUT2D eigenvalue weighted by Crippen LogP contribution is 2.38. The van der Waals surface area contributed by atoms with Gasteiger partial charge in [0, 0.05) is 23.5 Å². The van der Waals surface area contributed by atoms with Gasteiger partial charge in [0.2, 0.25) is 0 Å². The van der Waals surface area contributed by atoms with Crippen molar-refractivity contribution in [3.8, 4) is 0 Å². The molecule has 1 aromatic heterocycles. The Morgan fingerprint density at radius 2 is 1.78 bits per heavy atom. The quantitative estimate of drug-likeness (QED) is 0.769.